The molecule has 106 valence electrons. The molecular formula is C18H16ClNO. The van der Waals surface area contributed by atoms with Crippen molar-refractivity contribution in [2.45, 2.75) is 25.7 Å². The third-order valence-corrected chi connectivity index (χ3v) is 3.75. The first-order valence-electron chi connectivity index (χ1n) is 6.84. The number of nitrogens with zero attached hydrogens (tertiary/aromatic N) is 1. The number of ketones is 1. The zero-order chi connectivity index (χ0) is 15.2. The van der Waals surface area contributed by atoms with Crippen molar-refractivity contribution in [1.82, 2.24) is 0 Å². The van der Waals surface area contributed by atoms with Gasteiger partial charge in [-0.3, -0.25) is 4.79 Å². The third-order valence-electron chi connectivity index (χ3n) is 3.41. The van der Waals surface area contributed by atoms with Crippen molar-refractivity contribution in [1.29, 1.82) is 5.26 Å². The molecule has 0 bridgehead atoms. The average Bonchev–Trinajstić information content (AvgIpc) is 2.48. The fourth-order valence-electron chi connectivity index (χ4n) is 2.30. The van der Waals surface area contributed by atoms with Crippen molar-refractivity contribution in [2.75, 3.05) is 0 Å². The molecular weight excluding hydrogens is 282 g/mol. The molecule has 0 amide bonds. The predicted molar refractivity (Wildman–Crippen MR) is 84.3 cm³/mol. The standard InChI is InChI=1S/C18H16ClNO/c1-13-5-4-6-14(11-13)9-10-18(21)16(12-20)15-7-2-3-8-17(15)19/h2-8,11,16H,9-10H2,1H3. The molecule has 0 aliphatic carbocycles. The number of nitriles is 1. The second kappa shape index (κ2) is 7.06. The molecule has 1 unspecified atom stereocenters. The van der Waals surface area contributed by atoms with Crippen LogP contribution in [-0.4, -0.2) is 5.78 Å². The first-order chi connectivity index (χ1) is 10.1. The van der Waals surface area contributed by atoms with Gasteiger partial charge in [-0.1, -0.05) is 59.6 Å². The topological polar surface area (TPSA) is 40.9 Å². The lowest BCUT2D eigenvalue weighted by molar-refractivity contribution is -0.119. The number of rotatable bonds is 5. The SMILES string of the molecule is Cc1cccc(CCC(=O)C(C#N)c2ccccc2Cl)c1. The molecule has 2 aromatic carbocycles. The third kappa shape index (κ3) is 3.93. The van der Waals surface area contributed by atoms with E-state index in [1.807, 2.05) is 25.1 Å². The van der Waals surface area contributed by atoms with Gasteiger partial charge in [0, 0.05) is 11.4 Å². The lowest BCUT2D eigenvalue weighted by atomic mass is 9.92. The van der Waals surface area contributed by atoms with Crippen molar-refractivity contribution in [3.63, 3.8) is 0 Å². The van der Waals surface area contributed by atoms with Gasteiger partial charge in [-0.15, -0.1) is 0 Å². The molecule has 0 N–H and O–H groups in total. The predicted octanol–water partition coefficient (Wildman–Crippen LogP) is 4.46. The van der Waals surface area contributed by atoms with Crippen LogP contribution in [0, 0.1) is 18.3 Å². The van der Waals surface area contributed by atoms with E-state index >= 15 is 0 Å². The molecule has 0 fully saturated rings. The summed E-state index contributed by atoms with van der Waals surface area (Å²) in [5, 5.41) is 9.75. The van der Waals surface area contributed by atoms with Gasteiger partial charge in [-0.05, 0) is 30.5 Å². The maximum absolute atomic E-state index is 12.3. The van der Waals surface area contributed by atoms with Crippen molar-refractivity contribution < 1.29 is 4.79 Å². The summed E-state index contributed by atoms with van der Waals surface area (Å²) < 4.78 is 0. The summed E-state index contributed by atoms with van der Waals surface area (Å²) in [5.74, 6) is -0.879. The number of hydrogen-bond donors (Lipinski definition) is 0. The molecule has 1 atom stereocenters. The van der Waals surface area contributed by atoms with Crippen LogP contribution in [0.4, 0.5) is 0 Å². The Labute approximate surface area is 130 Å². The van der Waals surface area contributed by atoms with E-state index in [4.69, 9.17) is 11.6 Å². The summed E-state index contributed by atoms with van der Waals surface area (Å²) in [6, 6.07) is 17.1. The Bertz CT molecular complexity index is 688. The zero-order valence-corrected chi connectivity index (χ0v) is 12.6. The highest BCUT2D eigenvalue weighted by atomic mass is 35.5. The number of Topliss-reactive ketones (excluding diaryl/α,β-unsaturated/α-hetero) is 1. The van der Waals surface area contributed by atoms with Crippen LogP contribution in [0.5, 0.6) is 0 Å². The van der Waals surface area contributed by atoms with Gasteiger partial charge in [0.1, 0.15) is 5.92 Å². The van der Waals surface area contributed by atoms with Crippen LogP contribution in [0.2, 0.25) is 5.02 Å². The minimum Gasteiger partial charge on any atom is -0.298 e. The number of hydrogen-bond acceptors (Lipinski definition) is 2. The van der Waals surface area contributed by atoms with Crippen molar-refractivity contribution in [3.8, 4) is 6.07 Å². The number of halogens is 1. The molecule has 0 saturated carbocycles. The molecule has 0 aliphatic rings. The van der Waals surface area contributed by atoms with Crippen LogP contribution < -0.4 is 0 Å². The molecule has 0 aromatic heterocycles. The monoisotopic (exact) mass is 297 g/mol. The van der Waals surface area contributed by atoms with E-state index in [-0.39, 0.29) is 5.78 Å². The van der Waals surface area contributed by atoms with Crippen LogP contribution in [0.15, 0.2) is 48.5 Å². The molecule has 2 aromatic rings. The van der Waals surface area contributed by atoms with Gasteiger partial charge in [0.15, 0.2) is 5.78 Å². The smallest absolute Gasteiger partial charge is 0.154 e. The van der Waals surface area contributed by atoms with Gasteiger partial charge < -0.3 is 0 Å². The van der Waals surface area contributed by atoms with E-state index in [1.165, 1.54) is 5.56 Å². The van der Waals surface area contributed by atoms with Crippen LogP contribution >= 0.6 is 11.6 Å². The normalized spacial score (nSPS) is 11.7. The van der Waals surface area contributed by atoms with Gasteiger partial charge in [0.2, 0.25) is 0 Å². The molecule has 21 heavy (non-hydrogen) atoms. The first kappa shape index (κ1) is 15.3. The number of carbonyl (C=O) groups excluding carboxylic acids is 1. The van der Waals surface area contributed by atoms with E-state index in [0.29, 0.717) is 23.4 Å². The highest BCUT2D eigenvalue weighted by Gasteiger charge is 2.21. The average molecular weight is 298 g/mol. The molecule has 0 radical (unpaired) electrons. The van der Waals surface area contributed by atoms with Crippen molar-refractivity contribution in [3.05, 3.63) is 70.2 Å². The fraction of sp³-hybridized carbons (Fsp3) is 0.222. The van der Waals surface area contributed by atoms with Crippen LogP contribution in [0.25, 0.3) is 0 Å². The molecule has 2 nitrogen and oxygen atoms in total. The summed E-state index contributed by atoms with van der Waals surface area (Å²) in [4.78, 5) is 12.3. The summed E-state index contributed by atoms with van der Waals surface area (Å²) in [7, 11) is 0. The highest BCUT2D eigenvalue weighted by Crippen LogP contribution is 2.26. The molecule has 3 heteroatoms. The van der Waals surface area contributed by atoms with Gasteiger partial charge in [0.25, 0.3) is 0 Å². The van der Waals surface area contributed by atoms with Crippen LogP contribution in [-0.2, 0) is 11.2 Å². The Balaban J connectivity index is 2.08. The van der Waals surface area contributed by atoms with E-state index < -0.39 is 5.92 Å². The fourth-order valence-corrected chi connectivity index (χ4v) is 2.55. The number of carbonyl (C=O) groups is 1. The molecule has 0 saturated heterocycles. The summed E-state index contributed by atoms with van der Waals surface area (Å²) in [6.45, 7) is 2.02. The van der Waals surface area contributed by atoms with Gasteiger partial charge in [0.05, 0.1) is 6.07 Å². The van der Waals surface area contributed by atoms with Crippen LogP contribution in [0.3, 0.4) is 0 Å². The summed E-state index contributed by atoms with van der Waals surface area (Å²) >= 11 is 6.08. The lowest BCUT2D eigenvalue weighted by Crippen LogP contribution is -2.12. The minimum atomic E-state index is -0.788. The first-order valence-corrected chi connectivity index (χ1v) is 7.22. The zero-order valence-electron chi connectivity index (χ0n) is 11.8. The Morgan fingerprint density at radius 2 is 2.00 bits per heavy atom. The Hall–Kier alpha value is -2.11. The summed E-state index contributed by atoms with van der Waals surface area (Å²) in [6.07, 6.45) is 0.982. The second-order valence-electron chi connectivity index (χ2n) is 5.04. The van der Waals surface area contributed by atoms with Crippen LogP contribution in [0.1, 0.15) is 29.0 Å². The largest absolute Gasteiger partial charge is 0.298 e. The second-order valence-corrected chi connectivity index (χ2v) is 5.45. The highest BCUT2D eigenvalue weighted by molar-refractivity contribution is 6.31. The van der Waals surface area contributed by atoms with Gasteiger partial charge in [-0.25, -0.2) is 0 Å². The Kier molecular flexibility index (Phi) is 5.14. The van der Waals surface area contributed by atoms with Crippen molar-refractivity contribution >= 4 is 17.4 Å². The van der Waals surface area contributed by atoms with Gasteiger partial charge in [-0.2, -0.15) is 5.26 Å². The minimum absolute atomic E-state index is 0.0906. The molecule has 0 spiro atoms. The molecule has 2 rings (SSSR count). The van der Waals surface area contributed by atoms with E-state index in [0.717, 1.165) is 5.56 Å². The number of benzene rings is 2. The van der Waals surface area contributed by atoms with Gasteiger partial charge >= 0.3 is 0 Å². The quantitative estimate of drug-likeness (QED) is 0.817. The van der Waals surface area contributed by atoms with Crippen molar-refractivity contribution in [2.24, 2.45) is 0 Å². The molecule has 0 aliphatic heterocycles. The van der Waals surface area contributed by atoms with E-state index in [2.05, 4.69) is 12.1 Å². The number of aryl methyl sites for hydroxylation is 2. The lowest BCUT2D eigenvalue weighted by Gasteiger charge is -2.10. The van der Waals surface area contributed by atoms with E-state index in [9.17, 15) is 10.1 Å². The maximum atomic E-state index is 12.3. The Morgan fingerprint density at radius 3 is 2.67 bits per heavy atom. The van der Waals surface area contributed by atoms with E-state index in [1.54, 1.807) is 24.3 Å². The summed E-state index contributed by atoms with van der Waals surface area (Å²) in [5.41, 5.74) is 2.87. The Morgan fingerprint density at radius 1 is 1.24 bits per heavy atom. The maximum Gasteiger partial charge on any atom is 0.154 e. The molecule has 0 heterocycles.